The Kier molecular flexibility index (Phi) is 4.63. The van der Waals surface area contributed by atoms with Crippen molar-refractivity contribution in [3.63, 3.8) is 0 Å². The summed E-state index contributed by atoms with van der Waals surface area (Å²) in [4.78, 5) is 14.0. The summed E-state index contributed by atoms with van der Waals surface area (Å²) >= 11 is 0. The number of amides is 1. The molecule has 1 aliphatic heterocycles. The summed E-state index contributed by atoms with van der Waals surface area (Å²) in [5.74, 6) is 0.109. The Morgan fingerprint density at radius 2 is 2.16 bits per heavy atom. The fourth-order valence-corrected chi connectivity index (χ4v) is 2.19. The Morgan fingerprint density at radius 3 is 2.89 bits per heavy atom. The highest BCUT2D eigenvalue weighted by atomic mass is 16.5. The minimum Gasteiger partial charge on any atom is -0.385 e. The van der Waals surface area contributed by atoms with E-state index in [9.17, 15) is 4.79 Å². The Bertz CT molecular complexity index is 436. The van der Waals surface area contributed by atoms with E-state index < -0.39 is 0 Å². The third-order valence-corrected chi connectivity index (χ3v) is 3.27. The molecular weight excluding hydrogens is 242 g/mol. The molecule has 1 aromatic rings. The maximum absolute atomic E-state index is 12.3. The van der Waals surface area contributed by atoms with Crippen LogP contribution in [-0.4, -0.2) is 50.7 Å². The predicted octanol–water partition coefficient (Wildman–Crippen LogP) is 1.39. The van der Waals surface area contributed by atoms with Crippen LogP contribution in [-0.2, 0) is 9.53 Å². The van der Waals surface area contributed by atoms with E-state index in [4.69, 9.17) is 4.74 Å². The molecular formula is C14H21N3O2. The van der Waals surface area contributed by atoms with Crippen molar-refractivity contribution in [3.05, 3.63) is 24.3 Å². The van der Waals surface area contributed by atoms with Crippen LogP contribution in [0.3, 0.4) is 0 Å². The smallest absolute Gasteiger partial charge is 0.246 e. The number of hydrogen-bond acceptors (Lipinski definition) is 4. The summed E-state index contributed by atoms with van der Waals surface area (Å²) in [5.41, 5.74) is 2.03. The molecule has 1 amide bonds. The van der Waals surface area contributed by atoms with Gasteiger partial charge in [0.2, 0.25) is 5.91 Å². The van der Waals surface area contributed by atoms with Crippen LogP contribution in [0.2, 0.25) is 0 Å². The van der Waals surface area contributed by atoms with Crippen molar-refractivity contribution in [2.45, 2.75) is 12.5 Å². The van der Waals surface area contributed by atoms with Crippen molar-refractivity contribution in [1.29, 1.82) is 0 Å². The molecule has 0 spiro atoms. The number of hydrogen-bond donors (Lipinski definition) is 2. The van der Waals surface area contributed by atoms with Gasteiger partial charge in [-0.15, -0.1) is 0 Å². The molecule has 1 aromatic carbocycles. The third-order valence-electron chi connectivity index (χ3n) is 3.27. The highest BCUT2D eigenvalue weighted by Crippen LogP contribution is 2.25. The third kappa shape index (κ3) is 3.38. The molecule has 1 atom stereocenters. The van der Waals surface area contributed by atoms with Crippen molar-refractivity contribution in [2.24, 2.45) is 0 Å². The van der Waals surface area contributed by atoms with Gasteiger partial charge in [-0.3, -0.25) is 4.79 Å². The lowest BCUT2D eigenvalue weighted by Gasteiger charge is -2.30. The molecule has 0 aromatic heterocycles. The zero-order chi connectivity index (χ0) is 13.7. The fourth-order valence-electron chi connectivity index (χ4n) is 2.19. The number of nitrogens with one attached hydrogen (secondary N) is 2. The largest absolute Gasteiger partial charge is 0.385 e. The number of likely N-dealkylation sites (N-methyl/N-ethyl adjacent to an activating group) is 1. The van der Waals surface area contributed by atoms with E-state index in [0.717, 1.165) is 17.8 Å². The molecule has 1 aliphatic rings. The van der Waals surface area contributed by atoms with E-state index in [0.29, 0.717) is 19.7 Å². The SMILES string of the molecule is COCCCN(C)C(=O)C1CNc2ccccc2N1. The number of anilines is 2. The Morgan fingerprint density at radius 1 is 1.42 bits per heavy atom. The van der Waals surface area contributed by atoms with E-state index in [2.05, 4.69) is 10.6 Å². The fraction of sp³-hybridized carbons (Fsp3) is 0.500. The molecule has 0 bridgehead atoms. The molecule has 5 nitrogen and oxygen atoms in total. The highest BCUT2D eigenvalue weighted by molar-refractivity contribution is 5.88. The van der Waals surface area contributed by atoms with Crippen molar-refractivity contribution in [2.75, 3.05) is 44.5 Å². The number of rotatable bonds is 5. The van der Waals surface area contributed by atoms with Crippen LogP contribution in [0, 0.1) is 0 Å². The molecule has 5 heteroatoms. The van der Waals surface area contributed by atoms with Crippen LogP contribution in [0.25, 0.3) is 0 Å². The van der Waals surface area contributed by atoms with Gasteiger partial charge in [0.05, 0.1) is 11.4 Å². The summed E-state index contributed by atoms with van der Waals surface area (Å²) in [7, 11) is 3.51. The van der Waals surface area contributed by atoms with Crippen LogP contribution in [0.1, 0.15) is 6.42 Å². The average molecular weight is 263 g/mol. The van der Waals surface area contributed by atoms with Crippen LogP contribution in [0.4, 0.5) is 11.4 Å². The van der Waals surface area contributed by atoms with Gasteiger partial charge in [0, 0.05) is 33.9 Å². The number of benzene rings is 1. The topological polar surface area (TPSA) is 53.6 Å². The van der Waals surface area contributed by atoms with E-state index in [-0.39, 0.29) is 11.9 Å². The zero-order valence-corrected chi connectivity index (χ0v) is 11.5. The Labute approximate surface area is 113 Å². The second kappa shape index (κ2) is 6.43. The molecule has 1 heterocycles. The highest BCUT2D eigenvalue weighted by Gasteiger charge is 2.25. The summed E-state index contributed by atoms with van der Waals surface area (Å²) in [6, 6.07) is 7.72. The second-order valence-electron chi connectivity index (χ2n) is 4.73. The lowest BCUT2D eigenvalue weighted by Crippen LogP contribution is -2.47. The summed E-state index contributed by atoms with van der Waals surface area (Å²) in [5, 5.41) is 6.56. The maximum atomic E-state index is 12.3. The number of fused-ring (bicyclic) bond motifs is 1. The molecule has 19 heavy (non-hydrogen) atoms. The van der Waals surface area contributed by atoms with Gasteiger partial charge in [-0.25, -0.2) is 0 Å². The van der Waals surface area contributed by atoms with Crippen LogP contribution < -0.4 is 10.6 Å². The minimum atomic E-state index is -0.206. The molecule has 0 fully saturated rings. The van der Waals surface area contributed by atoms with Gasteiger partial charge in [0.15, 0.2) is 0 Å². The lowest BCUT2D eigenvalue weighted by atomic mass is 10.1. The van der Waals surface area contributed by atoms with Gasteiger partial charge < -0.3 is 20.3 Å². The normalized spacial score (nSPS) is 17.1. The van der Waals surface area contributed by atoms with Crippen molar-refractivity contribution >= 4 is 17.3 Å². The number of methoxy groups -OCH3 is 1. The molecule has 2 rings (SSSR count). The molecule has 0 aliphatic carbocycles. The van der Waals surface area contributed by atoms with E-state index in [1.807, 2.05) is 31.3 Å². The first kappa shape index (κ1) is 13.7. The number of nitrogens with zero attached hydrogens (tertiary/aromatic N) is 1. The van der Waals surface area contributed by atoms with Crippen LogP contribution >= 0.6 is 0 Å². The predicted molar refractivity (Wildman–Crippen MR) is 76.5 cm³/mol. The summed E-state index contributed by atoms with van der Waals surface area (Å²) in [6.45, 7) is 2.01. The van der Waals surface area contributed by atoms with Gasteiger partial charge in [0.1, 0.15) is 6.04 Å². The molecule has 2 N–H and O–H groups in total. The quantitative estimate of drug-likeness (QED) is 0.788. The first-order valence-corrected chi connectivity index (χ1v) is 6.55. The summed E-state index contributed by atoms with van der Waals surface area (Å²) < 4.78 is 5.00. The van der Waals surface area contributed by atoms with Gasteiger partial charge in [-0.1, -0.05) is 12.1 Å². The van der Waals surface area contributed by atoms with E-state index >= 15 is 0 Å². The molecule has 0 saturated carbocycles. The monoisotopic (exact) mass is 263 g/mol. The van der Waals surface area contributed by atoms with Gasteiger partial charge >= 0.3 is 0 Å². The molecule has 0 radical (unpaired) electrons. The standard InChI is InChI=1S/C14H21N3O2/c1-17(8-5-9-19-2)14(18)13-10-15-11-6-3-4-7-12(11)16-13/h3-4,6-7,13,15-16H,5,8-10H2,1-2H3. The van der Waals surface area contributed by atoms with Crippen LogP contribution in [0.15, 0.2) is 24.3 Å². The average Bonchev–Trinajstić information content (AvgIpc) is 2.46. The van der Waals surface area contributed by atoms with E-state index in [1.165, 1.54) is 0 Å². The van der Waals surface area contributed by atoms with Crippen molar-refractivity contribution in [1.82, 2.24) is 4.90 Å². The van der Waals surface area contributed by atoms with Crippen molar-refractivity contribution < 1.29 is 9.53 Å². The zero-order valence-electron chi connectivity index (χ0n) is 11.5. The lowest BCUT2D eigenvalue weighted by molar-refractivity contribution is -0.130. The minimum absolute atomic E-state index is 0.109. The van der Waals surface area contributed by atoms with E-state index in [1.54, 1.807) is 12.0 Å². The van der Waals surface area contributed by atoms with Gasteiger partial charge in [-0.2, -0.15) is 0 Å². The number of para-hydroxylation sites is 2. The number of ether oxygens (including phenoxy) is 1. The summed E-state index contributed by atoms with van der Waals surface area (Å²) in [6.07, 6.45) is 0.857. The number of carbonyl (C=O) groups is 1. The van der Waals surface area contributed by atoms with Crippen LogP contribution in [0.5, 0.6) is 0 Å². The van der Waals surface area contributed by atoms with Gasteiger partial charge in [0.25, 0.3) is 0 Å². The first-order chi connectivity index (χ1) is 9.22. The van der Waals surface area contributed by atoms with Crippen molar-refractivity contribution in [3.8, 4) is 0 Å². The second-order valence-corrected chi connectivity index (χ2v) is 4.73. The Hall–Kier alpha value is -1.75. The maximum Gasteiger partial charge on any atom is 0.246 e. The Balaban J connectivity index is 1.91. The molecule has 104 valence electrons. The molecule has 0 saturated heterocycles. The van der Waals surface area contributed by atoms with Gasteiger partial charge in [-0.05, 0) is 18.6 Å². The number of carbonyl (C=O) groups excluding carboxylic acids is 1. The molecule has 1 unspecified atom stereocenters. The first-order valence-electron chi connectivity index (χ1n) is 6.55.